The van der Waals surface area contributed by atoms with Crippen molar-refractivity contribution in [3.05, 3.63) is 65.1 Å². The lowest BCUT2D eigenvalue weighted by atomic mass is 9.87. The number of nitrogens with one attached hydrogen (secondary N) is 1. The zero-order valence-corrected chi connectivity index (χ0v) is 23.6. The molecule has 3 aromatic rings. The summed E-state index contributed by atoms with van der Waals surface area (Å²) in [6.07, 6.45) is 0. The summed E-state index contributed by atoms with van der Waals surface area (Å²) in [6, 6.07) is 11.8. The molecule has 0 aliphatic carbocycles. The molecule has 0 radical (unpaired) electrons. The molecular weight excluding hydrogens is 519 g/mol. The fourth-order valence-electron chi connectivity index (χ4n) is 4.69. The smallest absolute Gasteiger partial charge is 0.240 e. The Bertz CT molecular complexity index is 1400. The van der Waals surface area contributed by atoms with E-state index in [1.165, 1.54) is 28.8 Å². The quantitative estimate of drug-likeness (QED) is 0.464. The van der Waals surface area contributed by atoms with Crippen molar-refractivity contribution >= 4 is 29.4 Å². The number of ether oxygens (including phenoxy) is 2. The van der Waals surface area contributed by atoms with Gasteiger partial charge in [-0.25, -0.2) is 9.07 Å². The van der Waals surface area contributed by atoms with E-state index < -0.39 is 5.41 Å². The lowest BCUT2D eigenvalue weighted by molar-refractivity contribution is -0.123. The summed E-state index contributed by atoms with van der Waals surface area (Å²) in [5, 5.41) is 7.67. The predicted molar refractivity (Wildman–Crippen MR) is 149 cm³/mol. The van der Waals surface area contributed by atoms with E-state index in [1.54, 1.807) is 16.8 Å². The minimum absolute atomic E-state index is 0.149. The number of halogens is 1. The molecule has 3 heterocycles. The highest BCUT2D eigenvalue weighted by molar-refractivity contribution is 8.00. The molecule has 0 saturated heterocycles. The van der Waals surface area contributed by atoms with Gasteiger partial charge in [0.15, 0.2) is 11.5 Å². The van der Waals surface area contributed by atoms with Gasteiger partial charge < -0.3 is 14.8 Å². The number of thioether (sulfide) groups is 1. The van der Waals surface area contributed by atoms with E-state index in [9.17, 15) is 14.0 Å². The zero-order valence-electron chi connectivity index (χ0n) is 22.8. The average Bonchev–Trinajstić information content (AvgIpc) is 3.48. The summed E-state index contributed by atoms with van der Waals surface area (Å²) >= 11 is 1.49. The third kappa shape index (κ3) is 5.48. The molecule has 8 nitrogen and oxygen atoms in total. The lowest BCUT2D eigenvalue weighted by Crippen LogP contribution is -2.43. The molecule has 206 valence electrons. The van der Waals surface area contributed by atoms with Crippen molar-refractivity contribution in [1.82, 2.24) is 15.1 Å². The standard InChI is InChI=1S/C29H33FN4O4S/c1-17(2)13-31-23(35)14-33-24(36)15-39-26(18-6-11-21-22(12-18)38-16-37-21)25-27(29(3,4)5)32-34(28(25)33)20-9-7-19(30)8-10-20/h6-12,17,26H,13-16H2,1-5H3,(H,31,35)/t26-/m1/s1. The molecular formula is C29H33FN4O4S. The van der Waals surface area contributed by atoms with E-state index in [-0.39, 0.29) is 47.9 Å². The number of fused-ring (bicyclic) bond motifs is 2. The van der Waals surface area contributed by atoms with Gasteiger partial charge in [0.2, 0.25) is 18.6 Å². The number of rotatable bonds is 6. The van der Waals surface area contributed by atoms with Crippen LogP contribution < -0.4 is 19.7 Å². The molecule has 2 aromatic carbocycles. The molecule has 39 heavy (non-hydrogen) atoms. The summed E-state index contributed by atoms with van der Waals surface area (Å²) < 4.78 is 26.7. The molecule has 0 fully saturated rings. The van der Waals surface area contributed by atoms with Crippen molar-refractivity contribution in [2.45, 2.75) is 45.3 Å². The van der Waals surface area contributed by atoms with E-state index in [1.807, 2.05) is 32.0 Å². The Kier molecular flexibility index (Phi) is 7.33. The first-order valence-electron chi connectivity index (χ1n) is 13.0. The molecule has 1 atom stereocenters. The van der Waals surface area contributed by atoms with Crippen LogP contribution in [-0.4, -0.2) is 47.2 Å². The van der Waals surface area contributed by atoms with Crippen LogP contribution in [0.3, 0.4) is 0 Å². The van der Waals surface area contributed by atoms with Crippen LogP contribution in [0.4, 0.5) is 10.2 Å². The number of benzene rings is 2. The van der Waals surface area contributed by atoms with E-state index in [0.717, 1.165) is 16.8 Å². The second-order valence-corrected chi connectivity index (χ2v) is 12.3. The van der Waals surface area contributed by atoms with Crippen molar-refractivity contribution in [2.24, 2.45) is 5.92 Å². The average molecular weight is 553 g/mol. The number of carbonyl (C=O) groups is 2. The maximum absolute atomic E-state index is 13.9. The molecule has 1 N–H and O–H groups in total. The Morgan fingerprint density at radius 1 is 1.15 bits per heavy atom. The van der Waals surface area contributed by atoms with Gasteiger partial charge >= 0.3 is 0 Å². The molecule has 2 aliphatic rings. The van der Waals surface area contributed by atoms with Crippen LogP contribution >= 0.6 is 11.8 Å². The Morgan fingerprint density at radius 3 is 2.56 bits per heavy atom. The van der Waals surface area contributed by atoms with Crippen LogP contribution in [0.5, 0.6) is 11.5 Å². The van der Waals surface area contributed by atoms with Crippen molar-refractivity contribution in [2.75, 3.05) is 30.5 Å². The minimum Gasteiger partial charge on any atom is -0.454 e. The summed E-state index contributed by atoms with van der Waals surface area (Å²) in [5.41, 5.74) is 2.77. The van der Waals surface area contributed by atoms with Gasteiger partial charge in [-0.05, 0) is 47.9 Å². The van der Waals surface area contributed by atoms with Crippen LogP contribution in [0.1, 0.15) is 56.7 Å². The fraction of sp³-hybridized carbons (Fsp3) is 0.414. The third-order valence-corrected chi connectivity index (χ3v) is 7.83. The van der Waals surface area contributed by atoms with Crippen LogP contribution in [0.15, 0.2) is 42.5 Å². The summed E-state index contributed by atoms with van der Waals surface area (Å²) in [6.45, 7) is 10.8. The normalized spacial score (nSPS) is 16.8. The lowest BCUT2D eigenvalue weighted by Gasteiger charge is -2.24. The van der Waals surface area contributed by atoms with Gasteiger partial charge in [-0.3, -0.25) is 14.5 Å². The number of nitrogens with zero attached hydrogens (tertiary/aromatic N) is 3. The number of aromatic nitrogens is 2. The largest absolute Gasteiger partial charge is 0.454 e. The second kappa shape index (κ2) is 10.6. The highest BCUT2D eigenvalue weighted by Crippen LogP contribution is 2.49. The molecule has 0 bridgehead atoms. The first kappa shape index (κ1) is 27.1. The Hall–Kier alpha value is -3.53. The Balaban J connectivity index is 1.71. The first-order chi connectivity index (χ1) is 18.5. The molecule has 0 unspecified atom stereocenters. The number of anilines is 1. The SMILES string of the molecule is CC(C)CNC(=O)CN1C(=O)CS[C@H](c2ccc3c(c2)OCO3)c2c(C(C)(C)C)nn(-c3ccc(F)cc3)c21. The third-order valence-electron chi connectivity index (χ3n) is 6.58. The van der Waals surface area contributed by atoms with Gasteiger partial charge in [-0.15, -0.1) is 11.8 Å². The maximum atomic E-state index is 13.9. The van der Waals surface area contributed by atoms with Gasteiger partial charge in [0, 0.05) is 17.5 Å². The summed E-state index contributed by atoms with van der Waals surface area (Å²) in [7, 11) is 0. The van der Waals surface area contributed by atoms with Crippen LogP contribution in [0.2, 0.25) is 0 Å². The zero-order chi connectivity index (χ0) is 27.9. The number of carbonyl (C=O) groups excluding carboxylic acids is 2. The molecule has 0 saturated carbocycles. The second-order valence-electron chi connectivity index (χ2n) is 11.2. The molecule has 5 rings (SSSR count). The topological polar surface area (TPSA) is 85.7 Å². The van der Waals surface area contributed by atoms with Crippen LogP contribution in [0.25, 0.3) is 5.69 Å². The molecule has 10 heteroatoms. The van der Waals surface area contributed by atoms with Gasteiger partial charge in [-0.2, -0.15) is 5.10 Å². The van der Waals surface area contributed by atoms with Gasteiger partial charge in [-0.1, -0.05) is 40.7 Å². The molecule has 2 aliphatic heterocycles. The van der Waals surface area contributed by atoms with E-state index in [0.29, 0.717) is 29.5 Å². The minimum atomic E-state index is -0.399. The molecule has 1 aromatic heterocycles. The highest BCUT2D eigenvalue weighted by atomic mass is 32.2. The van der Waals surface area contributed by atoms with Crippen molar-refractivity contribution < 1.29 is 23.5 Å². The van der Waals surface area contributed by atoms with Gasteiger partial charge in [0.05, 0.1) is 22.4 Å². The van der Waals surface area contributed by atoms with E-state index >= 15 is 0 Å². The first-order valence-corrected chi connectivity index (χ1v) is 14.1. The molecule has 0 spiro atoms. The predicted octanol–water partition coefficient (Wildman–Crippen LogP) is 4.98. The fourth-order valence-corrected chi connectivity index (χ4v) is 5.88. The van der Waals surface area contributed by atoms with Crippen molar-refractivity contribution in [1.29, 1.82) is 0 Å². The molecule has 2 amide bonds. The Labute approximate surface area is 231 Å². The number of amides is 2. The van der Waals surface area contributed by atoms with Crippen molar-refractivity contribution in [3.8, 4) is 17.2 Å². The van der Waals surface area contributed by atoms with Gasteiger partial charge in [0.1, 0.15) is 18.2 Å². The van der Waals surface area contributed by atoms with Crippen LogP contribution in [-0.2, 0) is 15.0 Å². The summed E-state index contributed by atoms with van der Waals surface area (Å²) in [4.78, 5) is 28.3. The van der Waals surface area contributed by atoms with Crippen molar-refractivity contribution in [3.63, 3.8) is 0 Å². The highest BCUT2D eigenvalue weighted by Gasteiger charge is 2.40. The monoisotopic (exact) mass is 552 g/mol. The summed E-state index contributed by atoms with van der Waals surface area (Å²) in [5.74, 6) is 1.46. The van der Waals surface area contributed by atoms with Gasteiger partial charge in [0.25, 0.3) is 0 Å². The number of hydrogen-bond acceptors (Lipinski definition) is 6. The maximum Gasteiger partial charge on any atom is 0.240 e. The number of hydrogen-bond donors (Lipinski definition) is 1. The Morgan fingerprint density at radius 2 is 1.87 bits per heavy atom. The van der Waals surface area contributed by atoms with E-state index in [4.69, 9.17) is 14.6 Å². The van der Waals surface area contributed by atoms with Crippen LogP contribution in [0, 0.1) is 11.7 Å². The van der Waals surface area contributed by atoms with E-state index in [2.05, 4.69) is 26.1 Å².